The number of nitrogens with zero attached hydrogens (tertiary/aromatic N) is 5. The van der Waals surface area contributed by atoms with Gasteiger partial charge in [0, 0.05) is 49.7 Å². The third-order valence-corrected chi connectivity index (χ3v) is 6.76. The van der Waals surface area contributed by atoms with Crippen molar-refractivity contribution in [1.82, 2.24) is 24.2 Å². The van der Waals surface area contributed by atoms with E-state index >= 15 is 0 Å². The van der Waals surface area contributed by atoms with Crippen LogP contribution in [0.4, 0.5) is 16.0 Å². The molecule has 3 aromatic rings. The molecule has 1 aromatic carbocycles. The lowest BCUT2D eigenvalue weighted by Crippen LogP contribution is -2.50. The van der Waals surface area contributed by atoms with Crippen LogP contribution >= 0.6 is 0 Å². The van der Waals surface area contributed by atoms with Crippen LogP contribution in [0.15, 0.2) is 53.8 Å². The first-order valence-corrected chi connectivity index (χ1v) is 11.3. The van der Waals surface area contributed by atoms with E-state index in [-0.39, 0.29) is 11.4 Å². The Morgan fingerprint density at radius 2 is 1.94 bits per heavy atom. The monoisotopic (exact) mass is 447 g/mol. The van der Waals surface area contributed by atoms with Gasteiger partial charge in [0.2, 0.25) is 0 Å². The molecule has 0 amide bonds. The highest BCUT2D eigenvalue weighted by atomic mass is 19.1. The molecule has 8 heteroatoms. The Morgan fingerprint density at radius 3 is 2.52 bits per heavy atom. The highest BCUT2D eigenvalue weighted by Gasteiger charge is 2.40. The van der Waals surface area contributed by atoms with Gasteiger partial charge in [0.15, 0.2) is 5.82 Å². The Balaban J connectivity index is 1.64. The fraction of sp³-hybridized carbons (Fsp3) is 0.360. The van der Waals surface area contributed by atoms with Crippen molar-refractivity contribution < 1.29 is 4.39 Å². The molecule has 172 valence electrons. The van der Waals surface area contributed by atoms with Crippen LogP contribution in [0.5, 0.6) is 0 Å². The highest BCUT2D eigenvalue weighted by Crippen LogP contribution is 2.41. The van der Waals surface area contributed by atoms with Crippen molar-refractivity contribution in [1.29, 1.82) is 0 Å². The summed E-state index contributed by atoms with van der Waals surface area (Å²) < 4.78 is 17.7. The quantitative estimate of drug-likeness (QED) is 0.613. The van der Waals surface area contributed by atoms with Gasteiger partial charge >= 0.3 is 0 Å². The number of halogens is 1. The van der Waals surface area contributed by atoms with E-state index in [1.807, 2.05) is 24.7 Å². The van der Waals surface area contributed by atoms with Crippen molar-refractivity contribution in [2.24, 2.45) is 12.8 Å². The standard InChI is InChI=1S/C25H30FN7/c1-16-14-21(30-31(16)4)28-23-22(18-8-10-19(26)11-9-18)29-24-25(2,3)33(13-12-32(23)24)20(15-27)17-6-5-7-17/h5-6,8-11,14H,7,12-13,15,27H2,1-4H3,(H,28,30)/b20-17-. The molecule has 0 bridgehead atoms. The second kappa shape index (κ2) is 7.88. The number of benzene rings is 1. The fourth-order valence-corrected chi connectivity index (χ4v) is 4.75. The minimum absolute atomic E-state index is 0.267. The largest absolute Gasteiger partial charge is 0.359 e. The Labute approximate surface area is 193 Å². The minimum Gasteiger partial charge on any atom is -0.359 e. The molecule has 0 atom stereocenters. The van der Waals surface area contributed by atoms with Gasteiger partial charge in [-0.2, -0.15) is 5.10 Å². The van der Waals surface area contributed by atoms with Gasteiger partial charge in [-0.3, -0.25) is 4.68 Å². The van der Waals surface area contributed by atoms with Crippen molar-refractivity contribution in [3.05, 3.63) is 71.1 Å². The first-order valence-electron chi connectivity index (χ1n) is 11.3. The molecule has 1 aliphatic carbocycles. The predicted octanol–water partition coefficient (Wildman–Crippen LogP) is 4.20. The summed E-state index contributed by atoms with van der Waals surface area (Å²) in [7, 11) is 1.92. The number of hydrogen-bond acceptors (Lipinski definition) is 5. The molecule has 2 aliphatic rings. The zero-order valence-electron chi connectivity index (χ0n) is 19.6. The highest BCUT2D eigenvalue weighted by molar-refractivity contribution is 5.76. The van der Waals surface area contributed by atoms with Gasteiger partial charge in [0.05, 0.1) is 5.54 Å². The van der Waals surface area contributed by atoms with Crippen LogP contribution in [-0.4, -0.2) is 37.3 Å². The number of allylic oxidation sites excluding steroid dienone is 3. The van der Waals surface area contributed by atoms with Crippen molar-refractivity contribution in [3.8, 4) is 11.3 Å². The van der Waals surface area contributed by atoms with Crippen molar-refractivity contribution in [2.75, 3.05) is 18.4 Å². The molecule has 0 unspecified atom stereocenters. The maximum absolute atomic E-state index is 13.7. The number of fused-ring (bicyclic) bond motifs is 1. The molecular formula is C25H30FN7. The van der Waals surface area contributed by atoms with Crippen LogP contribution in [-0.2, 0) is 19.1 Å². The van der Waals surface area contributed by atoms with Gasteiger partial charge < -0.3 is 20.5 Å². The molecule has 0 spiro atoms. The van der Waals surface area contributed by atoms with Gasteiger partial charge in [-0.25, -0.2) is 9.37 Å². The summed E-state index contributed by atoms with van der Waals surface area (Å²) in [5.74, 6) is 2.30. The Morgan fingerprint density at radius 1 is 1.21 bits per heavy atom. The zero-order valence-corrected chi connectivity index (χ0v) is 19.6. The van der Waals surface area contributed by atoms with Crippen LogP contribution in [0.25, 0.3) is 11.3 Å². The SMILES string of the molecule is Cc1cc(Nc2c(-c3ccc(F)cc3)nc3n2CCN(/C(CN)=C2/C=CC2)C3(C)C)nn1C. The molecule has 0 fully saturated rings. The van der Waals surface area contributed by atoms with E-state index in [0.29, 0.717) is 6.54 Å². The van der Waals surface area contributed by atoms with Crippen LogP contribution in [0.1, 0.15) is 31.8 Å². The smallest absolute Gasteiger partial charge is 0.153 e. The molecule has 1 aliphatic heterocycles. The lowest BCUT2D eigenvalue weighted by Gasteiger charge is -2.46. The molecule has 2 aromatic heterocycles. The number of imidazole rings is 1. The Kier molecular flexibility index (Phi) is 5.12. The van der Waals surface area contributed by atoms with E-state index in [9.17, 15) is 4.39 Å². The van der Waals surface area contributed by atoms with E-state index in [1.165, 1.54) is 23.4 Å². The van der Waals surface area contributed by atoms with Gasteiger partial charge in [0.1, 0.15) is 23.2 Å². The second-order valence-corrected chi connectivity index (χ2v) is 9.20. The lowest BCUT2D eigenvalue weighted by molar-refractivity contribution is 0.116. The number of aryl methyl sites for hydroxylation is 2. The summed E-state index contributed by atoms with van der Waals surface area (Å²) in [6.07, 6.45) is 5.27. The maximum atomic E-state index is 13.7. The number of rotatable bonds is 5. The number of hydrogen-bond donors (Lipinski definition) is 2. The second-order valence-electron chi connectivity index (χ2n) is 9.20. The topological polar surface area (TPSA) is 76.9 Å². The molecule has 0 radical (unpaired) electrons. The van der Waals surface area contributed by atoms with E-state index < -0.39 is 0 Å². The van der Waals surface area contributed by atoms with E-state index in [0.717, 1.165) is 53.9 Å². The first-order chi connectivity index (χ1) is 15.8. The zero-order chi connectivity index (χ0) is 23.3. The number of nitrogens with two attached hydrogens (primary N) is 1. The third kappa shape index (κ3) is 3.54. The average Bonchev–Trinajstić information content (AvgIpc) is 3.26. The number of anilines is 2. The maximum Gasteiger partial charge on any atom is 0.153 e. The molecule has 0 saturated carbocycles. The van der Waals surface area contributed by atoms with Crippen molar-refractivity contribution in [3.63, 3.8) is 0 Å². The van der Waals surface area contributed by atoms with Crippen LogP contribution in [0, 0.1) is 12.7 Å². The van der Waals surface area contributed by atoms with E-state index in [4.69, 9.17) is 10.7 Å². The average molecular weight is 448 g/mol. The summed E-state index contributed by atoms with van der Waals surface area (Å²) >= 11 is 0. The minimum atomic E-state index is -0.377. The molecule has 5 rings (SSSR count). The predicted molar refractivity (Wildman–Crippen MR) is 128 cm³/mol. The Hall–Kier alpha value is -3.39. The lowest BCUT2D eigenvalue weighted by atomic mass is 9.93. The van der Waals surface area contributed by atoms with E-state index in [2.05, 4.69) is 45.9 Å². The summed E-state index contributed by atoms with van der Waals surface area (Å²) in [5.41, 5.74) is 11.0. The number of aromatic nitrogens is 4. The number of nitrogens with one attached hydrogen (secondary N) is 1. The van der Waals surface area contributed by atoms with E-state index in [1.54, 1.807) is 12.1 Å². The normalized spacial score (nSPS) is 18.2. The summed E-state index contributed by atoms with van der Waals surface area (Å²) in [4.78, 5) is 7.51. The molecule has 7 nitrogen and oxygen atoms in total. The van der Waals surface area contributed by atoms with Gasteiger partial charge in [-0.1, -0.05) is 12.2 Å². The van der Waals surface area contributed by atoms with Crippen LogP contribution in [0.3, 0.4) is 0 Å². The molecule has 0 saturated heterocycles. The van der Waals surface area contributed by atoms with Crippen LogP contribution in [0.2, 0.25) is 0 Å². The summed E-state index contributed by atoms with van der Waals surface area (Å²) in [6.45, 7) is 8.45. The van der Waals surface area contributed by atoms with Crippen LogP contribution < -0.4 is 11.1 Å². The molecule has 33 heavy (non-hydrogen) atoms. The van der Waals surface area contributed by atoms with Gasteiger partial charge in [0.25, 0.3) is 0 Å². The van der Waals surface area contributed by atoms with Crippen molar-refractivity contribution >= 4 is 11.6 Å². The van der Waals surface area contributed by atoms with Gasteiger partial charge in [-0.15, -0.1) is 0 Å². The third-order valence-electron chi connectivity index (χ3n) is 6.76. The van der Waals surface area contributed by atoms with Gasteiger partial charge in [-0.05, 0) is 57.0 Å². The fourth-order valence-electron chi connectivity index (χ4n) is 4.75. The molecule has 3 N–H and O–H groups in total. The summed E-state index contributed by atoms with van der Waals surface area (Å²) in [6, 6.07) is 8.50. The summed E-state index contributed by atoms with van der Waals surface area (Å²) in [5, 5.41) is 8.08. The first kappa shape index (κ1) is 21.5. The molecule has 3 heterocycles. The van der Waals surface area contributed by atoms with Crippen molar-refractivity contribution in [2.45, 2.75) is 39.3 Å². The Bertz CT molecular complexity index is 1240. The molecular weight excluding hydrogens is 417 g/mol.